The average molecular weight is 266 g/mol. The van der Waals surface area contributed by atoms with Crippen LogP contribution in [0.5, 0.6) is 5.75 Å². The van der Waals surface area contributed by atoms with Crippen molar-refractivity contribution in [3.8, 4) is 11.8 Å². The molecule has 1 rings (SSSR count). The highest BCUT2D eigenvalue weighted by Gasteiger charge is 2.01. The van der Waals surface area contributed by atoms with Crippen molar-refractivity contribution in [2.75, 3.05) is 12.4 Å². The molecule has 0 radical (unpaired) electrons. The summed E-state index contributed by atoms with van der Waals surface area (Å²) >= 11 is 3.38. The predicted molar refractivity (Wildman–Crippen MR) is 65.2 cm³/mol. The van der Waals surface area contributed by atoms with Gasteiger partial charge in [0.25, 0.3) is 0 Å². The quantitative estimate of drug-likeness (QED) is 0.786. The number of rotatable bonds is 3. The third-order valence-electron chi connectivity index (χ3n) is 1.97. The van der Waals surface area contributed by atoms with Crippen LogP contribution in [0, 0.1) is 11.3 Å². The van der Waals surface area contributed by atoms with Gasteiger partial charge in [-0.15, -0.1) is 0 Å². The van der Waals surface area contributed by atoms with Crippen LogP contribution in [0.25, 0.3) is 6.08 Å². The zero-order valence-electron chi connectivity index (χ0n) is 8.75. The second-order valence-corrected chi connectivity index (χ2v) is 3.76. The first-order valence-electron chi connectivity index (χ1n) is 4.52. The Morgan fingerprint density at radius 3 is 2.87 bits per heavy atom. The molecule has 0 amide bonds. The van der Waals surface area contributed by atoms with Gasteiger partial charge in [0.1, 0.15) is 11.8 Å². The molecule has 0 heterocycles. The van der Waals surface area contributed by atoms with Crippen LogP contribution >= 0.6 is 15.9 Å². The highest BCUT2D eigenvalue weighted by Crippen LogP contribution is 2.20. The molecule has 0 bridgehead atoms. The van der Waals surface area contributed by atoms with Crippen LogP contribution in [0.4, 0.5) is 0 Å². The lowest BCUT2D eigenvalue weighted by Crippen LogP contribution is -1.88. The van der Waals surface area contributed by atoms with Crippen LogP contribution < -0.4 is 4.74 Å². The highest BCUT2D eigenvalue weighted by molar-refractivity contribution is 9.09. The van der Waals surface area contributed by atoms with E-state index in [1.165, 1.54) is 5.57 Å². The molecule has 1 aromatic rings. The van der Waals surface area contributed by atoms with Gasteiger partial charge in [-0.2, -0.15) is 5.26 Å². The van der Waals surface area contributed by atoms with Crippen LogP contribution in [-0.4, -0.2) is 12.4 Å². The zero-order chi connectivity index (χ0) is 11.3. The molecule has 0 atom stereocenters. The van der Waals surface area contributed by atoms with E-state index < -0.39 is 0 Å². The third-order valence-corrected chi connectivity index (χ3v) is 2.85. The summed E-state index contributed by atoms with van der Waals surface area (Å²) in [7, 11) is 1.56. The Kier molecular flexibility index (Phi) is 4.38. The van der Waals surface area contributed by atoms with Gasteiger partial charge in [0.2, 0.25) is 0 Å². The minimum Gasteiger partial charge on any atom is -0.495 e. The van der Waals surface area contributed by atoms with E-state index in [9.17, 15) is 0 Å². The van der Waals surface area contributed by atoms with E-state index in [0.29, 0.717) is 11.3 Å². The smallest absolute Gasteiger partial charge is 0.136 e. The molecule has 0 aromatic heterocycles. The molecule has 0 fully saturated rings. The van der Waals surface area contributed by atoms with E-state index in [-0.39, 0.29) is 0 Å². The Morgan fingerprint density at radius 2 is 2.33 bits per heavy atom. The highest BCUT2D eigenvalue weighted by atomic mass is 79.9. The molecule has 2 nitrogen and oxygen atoms in total. The van der Waals surface area contributed by atoms with E-state index in [4.69, 9.17) is 10.00 Å². The van der Waals surface area contributed by atoms with Crippen molar-refractivity contribution in [2.45, 2.75) is 6.92 Å². The van der Waals surface area contributed by atoms with Crippen molar-refractivity contribution in [1.82, 2.24) is 0 Å². The monoisotopic (exact) mass is 265 g/mol. The number of methoxy groups -OCH3 is 1. The third kappa shape index (κ3) is 3.10. The van der Waals surface area contributed by atoms with E-state index in [1.807, 2.05) is 31.2 Å². The fraction of sp³-hybridized carbons (Fsp3) is 0.250. The molecule has 1 aromatic carbocycles. The lowest BCUT2D eigenvalue weighted by molar-refractivity contribution is 0.413. The summed E-state index contributed by atoms with van der Waals surface area (Å²) in [5.74, 6) is 0.617. The number of hydrogen-bond donors (Lipinski definition) is 0. The number of allylic oxidation sites excluding steroid dienone is 1. The molecule has 0 unspecified atom stereocenters. The molecule has 0 saturated heterocycles. The van der Waals surface area contributed by atoms with Crippen LogP contribution in [-0.2, 0) is 0 Å². The van der Waals surface area contributed by atoms with Crippen molar-refractivity contribution < 1.29 is 4.74 Å². The summed E-state index contributed by atoms with van der Waals surface area (Å²) in [5, 5.41) is 9.74. The number of nitrogens with zero attached hydrogens (tertiary/aromatic N) is 1. The predicted octanol–water partition coefficient (Wildman–Crippen LogP) is 3.37. The van der Waals surface area contributed by atoms with Crippen LogP contribution in [0.1, 0.15) is 18.1 Å². The maximum atomic E-state index is 8.91. The first kappa shape index (κ1) is 11.8. The van der Waals surface area contributed by atoms with Gasteiger partial charge < -0.3 is 4.74 Å². The Labute approximate surface area is 98.3 Å². The molecule has 0 N–H and O–H groups in total. The zero-order valence-corrected chi connectivity index (χ0v) is 10.3. The number of alkyl halides is 1. The average Bonchev–Trinajstić information content (AvgIpc) is 2.28. The van der Waals surface area contributed by atoms with Gasteiger partial charge in [0, 0.05) is 5.33 Å². The largest absolute Gasteiger partial charge is 0.495 e. The summed E-state index contributed by atoms with van der Waals surface area (Å²) in [6.45, 7) is 2.03. The number of ether oxygens (including phenoxy) is 1. The summed E-state index contributed by atoms with van der Waals surface area (Å²) in [6.07, 6.45) is 2.04. The molecule has 0 spiro atoms. The summed E-state index contributed by atoms with van der Waals surface area (Å²) < 4.78 is 5.07. The Bertz CT molecular complexity index is 418. The first-order chi connectivity index (χ1) is 7.21. The lowest BCUT2D eigenvalue weighted by Gasteiger charge is -2.03. The number of hydrogen-bond acceptors (Lipinski definition) is 2. The minimum atomic E-state index is 0.564. The molecule has 0 aliphatic heterocycles. The first-order valence-corrected chi connectivity index (χ1v) is 5.64. The van der Waals surface area contributed by atoms with Gasteiger partial charge in [-0.05, 0) is 24.6 Å². The number of halogens is 1. The molecule has 0 aliphatic carbocycles. The SMILES string of the molecule is COc1ccc(C=C(C)CBr)cc1C#N. The second kappa shape index (κ2) is 5.57. The summed E-state index contributed by atoms with van der Waals surface area (Å²) in [5.41, 5.74) is 2.79. The molecule has 0 aliphatic rings. The van der Waals surface area contributed by atoms with E-state index >= 15 is 0 Å². The maximum absolute atomic E-state index is 8.91. The van der Waals surface area contributed by atoms with E-state index in [2.05, 4.69) is 22.0 Å². The normalized spacial score (nSPS) is 10.9. The van der Waals surface area contributed by atoms with Crippen molar-refractivity contribution in [3.63, 3.8) is 0 Å². The summed E-state index contributed by atoms with van der Waals surface area (Å²) in [6, 6.07) is 7.68. The molecule has 15 heavy (non-hydrogen) atoms. The molecular weight excluding hydrogens is 254 g/mol. The van der Waals surface area contributed by atoms with E-state index in [0.717, 1.165) is 10.9 Å². The van der Waals surface area contributed by atoms with Crippen molar-refractivity contribution in [2.24, 2.45) is 0 Å². The van der Waals surface area contributed by atoms with Crippen molar-refractivity contribution in [3.05, 3.63) is 34.9 Å². The molecule has 0 saturated carbocycles. The minimum absolute atomic E-state index is 0.564. The van der Waals surface area contributed by atoms with Crippen LogP contribution in [0.2, 0.25) is 0 Å². The van der Waals surface area contributed by atoms with Gasteiger partial charge in [0.15, 0.2) is 0 Å². The standard InChI is InChI=1S/C12H12BrNO/c1-9(7-13)5-10-3-4-12(15-2)11(6-10)8-14/h3-6H,7H2,1-2H3. The van der Waals surface area contributed by atoms with Gasteiger partial charge >= 0.3 is 0 Å². The van der Waals surface area contributed by atoms with Crippen LogP contribution in [0.15, 0.2) is 23.8 Å². The van der Waals surface area contributed by atoms with Gasteiger partial charge in [0.05, 0.1) is 12.7 Å². The molecular formula is C12H12BrNO. The number of nitriles is 1. The lowest BCUT2D eigenvalue weighted by atomic mass is 10.1. The van der Waals surface area contributed by atoms with Gasteiger partial charge in [-0.3, -0.25) is 0 Å². The maximum Gasteiger partial charge on any atom is 0.136 e. The van der Waals surface area contributed by atoms with E-state index in [1.54, 1.807) is 7.11 Å². The Hall–Kier alpha value is -1.27. The van der Waals surface area contributed by atoms with Crippen LogP contribution in [0.3, 0.4) is 0 Å². The Balaban J connectivity index is 3.10. The Morgan fingerprint density at radius 1 is 1.60 bits per heavy atom. The topological polar surface area (TPSA) is 33.0 Å². The molecule has 78 valence electrons. The van der Waals surface area contributed by atoms with Gasteiger partial charge in [-0.1, -0.05) is 33.6 Å². The number of benzene rings is 1. The molecule has 3 heteroatoms. The summed E-state index contributed by atoms with van der Waals surface area (Å²) in [4.78, 5) is 0. The fourth-order valence-electron chi connectivity index (χ4n) is 1.23. The fourth-order valence-corrected chi connectivity index (χ4v) is 1.39. The van der Waals surface area contributed by atoms with Crippen molar-refractivity contribution >= 4 is 22.0 Å². The second-order valence-electron chi connectivity index (χ2n) is 3.20. The van der Waals surface area contributed by atoms with Crippen molar-refractivity contribution in [1.29, 1.82) is 5.26 Å². The van der Waals surface area contributed by atoms with Gasteiger partial charge in [-0.25, -0.2) is 0 Å².